The van der Waals surface area contributed by atoms with Gasteiger partial charge in [0.05, 0.1) is 5.56 Å². The summed E-state index contributed by atoms with van der Waals surface area (Å²) in [5, 5.41) is 9.70. The molecule has 1 heterocycles. The molecule has 26 heavy (non-hydrogen) atoms. The Kier molecular flexibility index (Phi) is 5.68. The number of urea groups is 1. The second kappa shape index (κ2) is 8.14. The summed E-state index contributed by atoms with van der Waals surface area (Å²) in [4.78, 5) is 16.3. The van der Waals surface area contributed by atoms with Crippen molar-refractivity contribution >= 4 is 27.6 Å². The van der Waals surface area contributed by atoms with Crippen LogP contribution in [0.25, 0.3) is 22.8 Å². The lowest BCUT2D eigenvalue weighted by Gasteiger charge is -2.12. The average Bonchev–Trinajstić information content (AvgIpc) is 3.12. The fraction of sp³-hybridized carbons (Fsp3) is 0.211. The van der Waals surface area contributed by atoms with E-state index in [0.717, 1.165) is 22.0 Å². The molecule has 0 fully saturated rings. The molecule has 1 aromatic heterocycles. The van der Waals surface area contributed by atoms with Gasteiger partial charge in [-0.1, -0.05) is 24.2 Å². The van der Waals surface area contributed by atoms with Crippen LogP contribution in [0.4, 0.5) is 10.5 Å². The maximum absolute atomic E-state index is 11.9. The lowest BCUT2D eigenvalue weighted by atomic mass is 10.2. The Morgan fingerprint density at radius 3 is 2.62 bits per heavy atom. The van der Waals surface area contributed by atoms with Crippen molar-refractivity contribution < 1.29 is 9.32 Å². The summed E-state index contributed by atoms with van der Waals surface area (Å²) in [5.41, 5.74) is 2.34. The number of anilines is 1. The molecule has 0 aliphatic carbocycles. The van der Waals surface area contributed by atoms with Crippen LogP contribution >= 0.6 is 15.9 Å². The number of rotatable bonds is 5. The molecule has 0 spiro atoms. The van der Waals surface area contributed by atoms with Gasteiger partial charge in [-0.15, -0.1) is 0 Å². The Bertz CT molecular complexity index is 893. The molecule has 134 valence electrons. The summed E-state index contributed by atoms with van der Waals surface area (Å²) in [7, 11) is 0. The number of aromatic nitrogens is 2. The Morgan fingerprint density at radius 2 is 1.92 bits per heavy atom. The molecule has 1 unspecified atom stereocenters. The Morgan fingerprint density at radius 1 is 1.19 bits per heavy atom. The number of carbonyl (C=O) groups is 1. The van der Waals surface area contributed by atoms with Crippen molar-refractivity contribution in [3.05, 3.63) is 53.0 Å². The first kappa shape index (κ1) is 18.1. The molecule has 3 aromatic rings. The molecule has 2 aromatic carbocycles. The predicted molar refractivity (Wildman–Crippen MR) is 105 cm³/mol. The highest BCUT2D eigenvalue weighted by Crippen LogP contribution is 2.28. The summed E-state index contributed by atoms with van der Waals surface area (Å²) in [6.45, 7) is 3.98. The van der Waals surface area contributed by atoms with E-state index >= 15 is 0 Å². The van der Waals surface area contributed by atoms with Crippen LogP contribution < -0.4 is 10.6 Å². The third-order valence-electron chi connectivity index (χ3n) is 3.92. The van der Waals surface area contributed by atoms with Gasteiger partial charge in [-0.3, -0.25) is 0 Å². The van der Waals surface area contributed by atoms with E-state index in [2.05, 4.69) is 36.7 Å². The first-order valence-corrected chi connectivity index (χ1v) is 9.12. The summed E-state index contributed by atoms with van der Waals surface area (Å²) in [5.74, 6) is 0.939. The molecule has 0 aliphatic heterocycles. The number of nitrogens with zero attached hydrogens (tertiary/aromatic N) is 2. The van der Waals surface area contributed by atoms with E-state index < -0.39 is 0 Å². The highest BCUT2D eigenvalue weighted by molar-refractivity contribution is 9.10. The molecular formula is C19H19BrN4O2. The van der Waals surface area contributed by atoms with E-state index in [1.807, 2.05) is 50.2 Å². The molecule has 0 radical (unpaired) electrons. The molecule has 0 saturated heterocycles. The van der Waals surface area contributed by atoms with Crippen molar-refractivity contribution in [2.75, 3.05) is 5.32 Å². The van der Waals surface area contributed by atoms with Gasteiger partial charge in [0.2, 0.25) is 5.82 Å². The van der Waals surface area contributed by atoms with Crippen LogP contribution in [0.1, 0.15) is 20.3 Å². The van der Waals surface area contributed by atoms with Gasteiger partial charge in [0.25, 0.3) is 5.89 Å². The predicted octanol–water partition coefficient (Wildman–Crippen LogP) is 5.09. The minimum atomic E-state index is -0.220. The van der Waals surface area contributed by atoms with Gasteiger partial charge in [-0.2, -0.15) is 4.98 Å². The molecule has 6 nitrogen and oxygen atoms in total. The fourth-order valence-corrected chi connectivity index (χ4v) is 2.73. The van der Waals surface area contributed by atoms with Crippen molar-refractivity contribution in [3.63, 3.8) is 0 Å². The third-order valence-corrected chi connectivity index (χ3v) is 4.61. The Hall–Kier alpha value is -2.67. The molecule has 2 N–H and O–H groups in total. The van der Waals surface area contributed by atoms with Crippen molar-refractivity contribution in [2.45, 2.75) is 26.3 Å². The normalized spacial score (nSPS) is 11.8. The number of hydrogen-bond acceptors (Lipinski definition) is 4. The van der Waals surface area contributed by atoms with Crippen molar-refractivity contribution in [1.29, 1.82) is 0 Å². The number of benzene rings is 2. The van der Waals surface area contributed by atoms with Gasteiger partial charge in [0.1, 0.15) is 0 Å². The van der Waals surface area contributed by atoms with Crippen LogP contribution in [0.3, 0.4) is 0 Å². The monoisotopic (exact) mass is 414 g/mol. The summed E-state index contributed by atoms with van der Waals surface area (Å²) in [6, 6.07) is 14.9. The van der Waals surface area contributed by atoms with Crippen LogP contribution in [-0.4, -0.2) is 22.2 Å². The molecule has 3 rings (SSSR count). The fourth-order valence-electron chi connectivity index (χ4n) is 2.28. The van der Waals surface area contributed by atoms with Gasteiger partial charge in [-0.05, 0) is 65.7 Å². The molecule has 1 atom stereocenters. The van der Waals surface area contributed by atoms with E-state index in [0.29, 0.717) is 17.4 Å². The number of nitrogens with one attached hydrogen (secondary N) is 2. The van der Waals surface area contributed by atoms with Crippen LogP contribution in [0.5, 0.6) is 0 Å². The maximum Gasteiger partial charge on any atom is 0.319 e. The van der Waals surface area contributed by atoms with E-state index in [1.165, 1.54) is 0 Å². The molecule has 7 heteroatoms. The van der Waals surface area contributed by atoms with Gasteiger partial charge in [0, 0.05) is 21.8 Å². The SMILES string of the molecule is CCC(C)NC(=O)Nc1ccc(-c2noc(-c3ccccc3Br)n2)cc1. The Balaban J connectivity index is 1.71. The topological polar surface area (TPSA) is 80.0 Å². The van der Waals surface area contributed by atoms with E-state index in [4.69, 9.17) is 4.52 Å². The van der Waals surface area contributed by atoms with Gasteiger partial charge in [0.15, 0.2) is 0 Å². The second-order valence-electron chi connectivity index (χ2n) is 5.89. The van der Waals surface area contributed by atoms with Crippen LogP contribution in [0.2, 0.25) is 0 Å². The van der Waals surface area contributed by atoms with Crippen molar-refractivity contribution in [3.8, 4) is 22.8 Å². The number of hydrogen-bond donors (Lipinski definition) is 2. The highest BCUT2D eigenvalue weighted by Gasteiger charge is 2.13. The number of amides is 2. The zero-order valence-electron chi connectivity index (χ0n) is 14.5. The quantitative estimate of drug-likeness (QED) is 0.609. The summed E-state index contributed by atoms with van der Waals surface area (Å²) < 4.78 is 6.26. The first-order valence-electron chi connectivity index (χ1n) is 8.33. The largest absolute Gasteiger partial charge is 0.335 e. The van der Waals surface area contributed by atoms with E-state index in [1.54, 1.807) is 12.1 Å². The van der Waals surface area contributed by atoms with Gasteiger partial charge in [-0.25, -0.2) is 4.79 Å². The minimum Gasteiger partial charge on any atom is -0.335 e. The van der Waals surface area contributed by atoms with E-state index in [-0.39, 0.29) is 12.1 Å². The number of carbonyl (C=O) groups excluding carboxylic acids is 1. The maximum atomic E-state index is 11.9. The minimum absolute atomic E-state index is 0.129. The molecule has 0 saturated carbocycles. The van der Waals surface area contributed by atoms with Crippen LogP contribution in [0, 0.1) is 0 Å². The first-order chi connectivity index (χ1) is 12.6. The second-order valence-corrected chi connectivity index (χ2v) is 6.74. The average molecular weight is 415 g/mol. The zero-order valence-corrected chi connectivity index (χ0v) is 16.1. The standard InChI is InChI=1S/C19H19BrN4O2/c1-3-12(2)21-19(25)22-14-10-8-13(9-11-14)17-23-18(26-24-17)15-6-4-5-7-16(15)20/h4-12H,3H2,1-2H3,(H2,21,22,25). The van der Waals surface area contributed by atoms with Gasteiger partial charge >= 0.3 is 6.03 Å². The molecular weight excluding hydrogens is 396 g/mol. The lowest BCUT2D eigenvalue weighted by Crippen LogP contribution is -2.35. The smallest absolute Gasteiger partial charge is 0.319 e. The molecule has 2 amide bonds. The highest BCUT2D eigenvalue weighted by atomic mass is 79.9. The number of halogens is 1. The van der Waals surface area contributed by atoms with E-state index in [9.17, 15) is 4.79 Å². The van der Waals surface area contributed by atoms with Gasteiger partial charge < -0.3 is 15.2 Å². The lowest BCUT2D eigenvalue weighted by molar-refractivity contribution is 0.249. The third kappa shape index (κ3) is 4.29. The molecule has 0 aliphatic rings. The van der Waals surface area contributed by atoms with Crippen LogP contribution in [0.15, 0.2) is 57.5 Å². The summed E-state index contributed by atoms with van der Waals surface area (Å²) in [6.07, 6.45) is 0.879. The Labute approximate surface area is 160 Å². The van der Waals surface area contributed by atoms with Crippen molar-refractivity contribution in [2.24, 2.45) is 0 Å². The van der Waals surface area contributed by atoms with Crippen molar-refractivity contribution in [1.82, 2.24) is 15.5 Å². The molecule has 0 bridgehead atoms. The van der Waals surface area contributed by atoms with Crippen LogP contribution in [-0.2, 0) is 0 Å². The zero-order chi connectivity index (χ0) is 18.5. The summed E-state index contributed by atoms with van der Waals surface area (Å²) >= 11 is 3.48.